The third-order valence-corrected chi connectivity index (χ3v) is 3.69. The zero-order valence-electron chi connectivity index (χ0n) is 10.2. The van der Waals surface area contributed by atoms with Crippen LogP contribution in [0.4, 0.5) is 0 Å². The highest BCUT2D eigenvalue weighted by atomic mass is 14.9. The topological polar surface area (TPSA) is 24.9 Å². The van der Waals surface area contributed by atoms with E-state index in [-0.39, 0.29) is 0 Å². The van der Waals surface area contributed by atoms with Crippen molar-refractivity contribution in [3.8, 4) is 0 Å². The number of nitrogens with zero attached hydrogens (tertiary/aromatic N) is 1. The SMILES string of the molecule is Cc1cc2ccc(C3CCNCC3)cc2cn1. The molecule has 1 aliphatic heterocycles. The van der Waals surface area contributed by atoms with E-state index in [1.54, 1.807) is 0 Å². The fourth-order valence-electron chi connectivity index (χ4n) is 2.68. The number of fused-ring (bicyclic) bond motifs is 1. The molecular weight excluding hydrogens is 208 g/mol. The Morgan fingerprint density at radius 1 is 1.12 bits per heavy atom. The lowest BCUT2D eigenvalue weighted by Crippen LogP contribution is -2.26. The summed E-state index contributed by atoms with van der Waals surface area (Å²) in [7, 11) is 0. The molecule has 0 atom stereocenters. The molecule has 2 aromatic rings. The number of benzene rings is 1. The first-order chi connectivity index (χ1) is 8.33. The molecule has 3 rings (SSSR count). The molecule has 88 valence electrons. The van der Waals surface area contributed by atoms with Crippen molar-refractivity contribution in [3.63, 3.8) is 0 Å². The van der Waals surface area contributed by atoms with Gasteiger partial charge in [0.15, 0.2) is 0 Å². The second-order valence-electron chi connectivity index (χ2n) is 4.96. The quantitative estimate of drug-likeness (QED) is 0.808. The highest BCUT2D eigenvalue weighted by Crippen LogP contribution is 2.27. The number of hydrogen-bond donors (Lipinski definition) is 1. The van der Waals surface area contributed by atoms with Crippen molar-refractivity contribution < 1.29 is 0 Å². The van der Waals surface area contributed by atoms with Gasteiger partial charge < -0.3 is 5.32 Å². The van der Waals surface area contributed by atoms with Crippen molar-refractivity contribution in [2.45, 2.75) is 25.7 Å². The Hall–Kier alpha value is -1.41. The molecule has 1 fully saturated rings. The summed E-state index contributed by atoms with van der Waals surface area (Å²) in [6.07, 6.45) is 4.50. The molecule has 2 heteroatoms. The monoisotopic (exact) mass is 226 g/mol. The lowest BCUT2D eigenvalue weighted by Gasteiger charge is -2.23. The summed E-state index contributed by atoms with van der Waals surface area (Å²) in [6, 6.07) is 9.00. The van der Waals surface area contributed by atoms with Crippen molar-refractivity contribution in [2.75, 3.05) is 13.1 Å². The summed E-state index contributed by atoms with van der Waals surface area (Å²) in [5.74, 6) is 0.724. The van der Waals surface area contributed by atoms with Gasteiger partial charge in [0.05, 0.1) is 0 Å². The summed E-state index contributed by atoms with van der Waals surface area (Å²) in [5.41, 5.74) is 2.57. The summed E-state index contributed by atoms with van der Waals surface area (Å²) in [5, 5.41) is 5.99. The average Bonchev–Trinajstić information content (AvgIpc) is 2.39. The third kappa shape index (κ3) is 2.18. The van der Waals surface area contributed by atoms with Crippen LogP contribution in [0.1, 0.15) is 30.0 Å². The van der Waals surface area contributed by atoms with Gasteiger partial charge in [-0.3, -0.25) is 4.98 Å². The summed E-state index contributed by atoms with van der Waals surface area (Å²) >= 11 is 0. The molecule has 2 nitrogen and oxygen atoms in total. The van der Waals surface area contributed by atoms with E-state index in [9.17, 15) is 0 Å². The summed E-state index contributed by atoms with van der Waals surface area (Å²) < 4.78 is 0. The molecule has 0 unspecified atom stereocenters. The Kier molecular flexibility index (Phi) is 2.81. The Bertz CT molecular complexity index is 527. The van der Waals surface area contributed by atoms with Gasteiger partial charge >= 0.3 is 0 Å². The highest BCUT2D eigenvalue weighted by Gasteiger charge is 2.15. The molecule has 1 saturated heterocycles. The van der Waals surface area contributed by atoms with Crippen LogP contribution in [-0.2, 0) is 0 Å². The highest BCUT2D eigenvalue weighted by molar-refractivity contribution is 5.82. The number of rotatable bonds is 1. The minimum Gasteiger partial charge on any atom is -0.317 e. The van der Waals surface area contributed by atoms with Crippen LogP contribution in [-0.4, -0.2) is 18.1 Å². The minimum atomic E-state index is 0.724. The van der Waals surface area contributed by atoms with Crippen LogP contribution in [0.15, 0.2) is 30.5 Å². The van der Waals surface area contributed by atoms with E-state index in [2.05, 4.69) is 34.6 Å². The van der Waals surface area contributed by atoms with E-state index >= 15 is 0 Å². The van der Waals surface area contributed by atoms with Gasteiger partial charge in [-0.15, -0.1) is 0 Å². The van der Waals surface area contributed by atoms with Gasteiger partial charge in [-0.1, -0.05) is 12.1 Å². The van der Waals surface area contributed by atoms with Crippen molar-refractivity contribution in [1.29, 1.82) is 0 Å². The normalized spacial score (nSPS) is 17.5. The van der Waals surface area contributed by atoms with Gasteiger partial charge in [-0.05, 0) is 61.9 Å². The molecule has 17 heavy (non-hydrogen) atoms. The molecular formula is C15H18N2. The van der Waals surface area contributed by atoms with Crippen LogP contribution in [0.3, 0.4) is 0 Å². The van der Waals surface area contributed by atoms with E-state index in [0.717, 1.165) is 24.7 Å². The maximum absolute atomic E-state index is 4.38. The maximum Gasteiger partial charge on any atom is 0.0379 e. The van der Waals surface area contributed by atoms with Crippen LogP contribution < -0.4 is 5.32 Å². The molecule has 1 N–H and O–H groups in total. The molecule has 1 aromatic heterocycles. The Morgan fingerprint density at radius 3 is 2.76 bits per heavy atom. The number of nitrogens with one attached hydrogen (secondary N) is 1. The standard InChI is InChI=1S/C15H18N2/c1-11-8-13-2-3-14(9-15(13)10-17-11)12-4-6-16-7-5-12/h2-3,8-10,12,16H,4-7H2,1H3. The van der Waals surface area contributed by atoms with E-state index in [1.807, 2.05) is 13.1 Å². The van der Waals surface area contributed by atoms with Crippen LogP contribution in [0, 0.1) is 6.92 Å². The van der Waals surface area contributed by atoms with E-state index in [1.165, 1.54) is 29.2 Å². The van der Waals surface area contributed by atoms with E-state index in [4.69, 9.17) is 0 Å². The Labute approximate surface area is 102 Å². The van der Waals surface area contributed by atoms with Gasteiger partial charge in [0.1, 0.15) is 0 Å². The predicted molar refractivity (Wildman–Crippen MR) is 71.3 cm³/mol. The molecule has 0 radical (unpaired) electrons. The van der Waals surface area contributed by atoms with Gasteiger partial charge in [-0.2, -0.15) is 0 Å². The summed E-state index contributed by atoms with van der Waals surface area (Å²) in [6.45, 7) is 4.34. The van der Waals surface area contributed by atoms with Gasteiger partial charge in [0.25, 0.3) is 0 Å². The lowest BCUT2D eigenvalue weighted by atomic mass is 9.89. The van der Waals surface area contributed by atoms with Crippen LogP contribution in [0.25, 0.3) is 10.8 Å². The molecule has 0 aliphatic carbocycles. The second kappa shape index (κ2) is 4.46. The average molecular weight is 226 g/mol. The molecule has 0 spiro atoms. The predicted octanol–water partition coefficient (Wildman–Crippen LogP) is 3.01. The third-order valence-electron chi connectivity index (χ3n) is 3.69. The Morgan fingerprint density at radius 2 is 1.94 bits per heavy atom. The molecule has 0 bridgehead atoms. The van der Waals surface area contributed by atoms with Crippen molar-refractivity contribution in [3.05, 3.63) is 41.7 Å². The lowest BCUT2D eigenvalue weighted by molar-refractivity contribution is 0.460. The fourth-order valence-corrected chi connectivity index (χ4v) is 2.68. The number of piperidine rings is 1. The molecule has 1 aromatic carbocycles. The van der Waals surface area contributed by atoms with Crippen molar-refractivity contribution in [2.24, 2.45) is 0 Å². The summed E-state index contributed by atoms with van der Waals surface area (Å²) in [4.78, 5) is 4.38. The number of hydrogen-bond acceptors (Lipinski definition) is 2. The first-order valence-electron chi connectivity index (χ1n) is 6.40. The smallest absolute Gasteiger partial charge is 0.0379 e. The number of aryl methyl sites for hydroxylation is 1. The zero-order valence-corrected chi connectivity index (χ0v) is 10.2. The van der Waals surface area contributed by atoms with E-state index in [0.29, 0.717) is 0 Å². The van der Waals surface area contributed by atoms with Crippen molar-refractivity contribution in [1.82, 2.24) is 10.3 Å². The van der Waals surface area contributed by atoms with E-state index < -0.39 is 0 Å². The maximum atomic E-state index is 4.38. The van der Waals surface area contributed by atoms with Gasteiger partial charge in [-0.25, -0.2) is 0 Å². The second-order valence-corrected chi connectivity index (χ2v) is 4.96. The van der Waals surface area contributed by atoms with Gasteiger partial charge in [0, 0.05) is 17.3 Å². The minimum absolute atomic E-state index is 0.724. The van der Waals surface area contributed by atoms with Crippen LogP contribution in [0.5, 0.6) is 0 Å². The zero-order chi connectivity index (χ0) is 11.7. The molecule has 0 amide bonds. The van der Waals surface area contributed by atoms with Gasteiger partial charge in [0.2, 0.25) is 0 Å². The fraction of sp³-hybridized carbons (Fsp3) is 0.400. The van der Waals surface area contributed by atoms with Crippen LogP contribution in [0.2, 0.25) is 0 Å². The number of pyridine rings is 1. The number of aromatic nitrogens is 1. The van der Waals surface area contributed by atoms with Crippen LogP contribution >= 0.6 is 0 Å². The molecule has 0 saturated carbocycles. The molecule has 1 aliphatic rings. The molecule has 2 heterocycles. The Balaban J connectivity index is 1.98. The largest absolute Gasteiger partial charge is 0.317 e. The van der Waals surface area contributed by atoms with Crippen molar-refractivity contribution >= 4 is 10.8 Å². The first-order valence-corrected chi connectivity index (χ1v) is 6.40. The first kappa shape index (κ1) is 10.7.